The molecule has 3 nitrogen and oxygen atoms in total. The van der Waals surface area contributed by atoms with E-state index < -0.39 is 0 Å². The van der Waals surface area contributed by atoms with Crippen LogP contribution in [0.2, 0.25) is 0 Å². The van der Waals surface area contributed by atoms with Gasteiger partial charge in [0.25, 0.3) is 0 Å². The topological polar surface area (TPSA) is 35.5 Å². The highest BCUT2D eigenvalue weighted by Crippen LogP contribution is 2.12. The fourth-order valence-corrected chi connectivity index (χ4v) is 1.77. The Morgan fingerprint density at radius 3 is 2.61 bits per heavy atom. The summed E-state index contributed by atoms with van der Waals surface area (Å²) in [5.41, 5.74) is 1.18. The average Bonchev–Trinajstić information content (AvgIpc) is 2.43. The van der Waals surface area contributed by atoms with Crippen LogP contribution in [0.15, 0.2) is 30.3 Å². The predicted octanol–water partition coefficient (Wildman–Crippen LogP) is 3.33. The van der Waals surface area contributed by atoms with Crippen LogP contribution in [0.4, 0.5) is 0 Å². The number of rotatable bonds is 8. The first-order valence-corrected chi connectivity index (χ1v) is 6.48. The van der Waals surface area contributed by atoms with Crippen molar-refractivity contribution in [3.63, 3.8) is 0 Å². The second kappa shape index (κ2) is 8.70. The lowest BCUT2D eigenvalue weighted by Gasteiger charge is -2.15. The van der Waals surface area contributed by atoms with Crippen molar-refractivity contribution in [3.8, 4) is 0 Å². The third-order valence-corrected chi connectivity index (χ3v) is 2.92. The molecule has 1 aromatic carbocycles. The number of methoxy groups -OCH3 is 1. The summed E-state index contributed by atoms with van der Waals surface area (Å²) in [6.45, 7) is 2.74. The molecule has 0 aliphatic rings. The summed E-state index contributed by atoms with van der Waals surface area (Å²) >= 11 is 0. The van der Waals surface area contributed by atoms with Crippen LogP contribution in [-0.2, 0) is 20.9 Å². The van der Waals surface area contributed by atoms with Crippen LogP contribution in [0.25, 0.3) is 0 Å². The fourth-order valence-electron chi connectivity index (χ4n) is 1.77. The van der Waals surface area contributed by atoms with Crippen molar-refractivity contribution in [1.29, 1.82) is 0 Å². The van der Waals surface area contributed by atoms with Crippen molar-refractivity contribution in [2.24, 2.45) is 0 Å². The normalized spacial score (nSPS) is 12.1. The maximum atomic E-state index is 11.0. The van der Waals surface area contributed by atoms with Crippen LogP contribution >= 0.6 is 0 Å². The number of hydrogen-bond acceptors (Lipinski definition) is 3. The van der Waals surface area contributed by atoms with E-state index in [0.717, 1.165) is 19.3 Å². The van der Waals surface area contributed by atoms with E-state index in [9.17, 15) is 4.79 Å². The third-order valence-electron chi connectivity index (χ3n) is 2.92. The highest BCUT2D eigenvalue weighted by molar-refractivity contribution is 5.68. The molecule has 0 bridgehead atoms. The molecule has 100 valence electrons. The lowest BCUT2D eigenvalue weighted by molar-refractivity contribution is -0.140. The van der Waals surface area contributed by atoms with Crippen LogP contribution in [0.3, 0.4) is 0 Å². The van der Waals surface area contributed by atoms with Crippen molar-refractivity contribution in [2.45, 2.75) is 45.3 Å². The van der Waals surface area contributed by atoms with Crippen LogP contribution < -0.4 is 0 Å². The van der Waals surface area contributed by atoms with Gasteiger partial charge in [0.1, 0.15) is 0 Å². The Labute approximate surface area is 109 Å². The average molecular weight is 250 g/mol. The number of carbonyl (C=O) groups excluding carboxylic acids is 1. The lowest BCUT2D eigenvalue weighted by Crippen LogP contribution is -2.12. The highest BCUT2D eigenvalue weighted by Gasteiger charge is 2.08. The van der Waals surface area contributed by atoms with E-state index in [4.69, 9.17) is 4.74 Å². The molecule has 0 aliphatic heterocycles. The summed E-state index contributed by atoms with van der Waals surface area (Å²) in [5, 5.41) is 0. The van der Waals surface area contributed by atoms with Gasteiger partial charge in [-0.3, -0.25) is 4.79 Å². The van der Waals surface area contributed by atoms with Crippen LogP contribution in [0.1, 0.15) is 38.2 Å². The van der Waals surface area contributed by atoms with Crippen molar-refractivity contribution in [1.82, 2.24) is 0 Å². The number of carbonyl (C=O) groups is 1. The first-order chi connectivity index (χ1) is 8.76. The van der Waals surface area contributed by atoms with Gasteiger partial charge in [0.05, 0.1) is 19.8 Å². The molecule has 1 rings (SSSR count). The standard InChI is InChI=1S/C15H22O3/c1-3-14(10-7-11-15(16)17-2)18-12-13-8-5-4-6-9-13/h4-6,8-9,14H,3,7,10-12H2,1-2H3. The molecule has 0 spiro atoms. The van der Waals surface area contributed by atoms with Gasteiger partial charge in [-0.15, -0.1) is 0 Å². The van der Waals surface area contributed by atoms with Gasteiger partial charge in [-0.1, -0.05) is 37.3 Å². The van der Waals surface area contributed by atoms with Crippen LogP contribution in [0.5, 0.6) is 0 Å². The van der Waals surface area contributed by atoms with Crippen LogP contribution in [-0.4, -0.2) is 19.2 Å². The molecule has 0 fully saturated rings. The van der Waals surface area contributed by atoms with Gasteiger partial charge in [0.2, 0.25) is 0 Å². The summed E-state index contributed by atoms with van der Waals surface area (Å²) in [7, 11) is 1.42. The summed E-state index contributed by atoms with van der Waals surface area (Å²) in [6.07, 6.45) is 3.38. The zero-order valence-corrected chi connectivity index (χ0v) is 11.2. The first kappa shape index (κ1) is 14.7. The molecule has 0 aliphatic carbocycles. The Bertz CT molecular complexity index is 335. The van der Waals surface area contributed by atoms with E-state index in [2.05, 4.69) is 23.8 Å². The Morgan fingerprint density at radius 2 is 2.00 bits per heavy atom. The van der Waals surface area contributed by atoms with Crippen LogP contribution in [0, 0.1) is 0 Å². The number of benzene rings is 1. The first-order valence-electron chi connectivity index (χ1n) is 6.48. The quantitative estimate of drug-likeness (QED) is 0.664. The molecule has 0 radical (unpaired) electrons. The lowest BCUT2D eigenvalue weighted by atomic mass is 10.1. The fraction of sp³-hybridized carbons (Fsp3) is 0.533. The minimum atomic E-state index is -0.145. The maximum absolute atomic E-state index is 11.0. The summed E-state index contributed by atoms with van der Waals surface area (Å²) in [6, 6.07) is 10.1. The zero-order chi connectivity index (χ0) is 13.2. The van der Waals surface area contributed by atoms with E-state index in [1.807, 2.05) is 18.2 Å². The molecule has 0 aromatic heterocycles. The third kappa shape index (κ3) is 5.82. The Balaban J connectivity index is 2.23. The van der Waals surface area contributed by atoms with Crippen molar-refractivity contribution in [2.75, 3.05) is 7.11 Å². The molecule has 3 heteroatoms. The zero-order valence-electron chi connectivity index (χ0n) is 11.2. The highest BCUT2D eigenvalue weighted by atomic mass is 16.5. The second-order valence-electron chi connectivity index (χ2n) is 4.30. The van der Waals surface area contributed by atoms with Gasteiger partial charge in [0, 0.05) is 6.42 Å². The molecule has 18 heavy (non-hydrogen) atoms. The van der Waals surface area contributed by atoms with E-state index >= 15 is 0 Å². The van der Waals surface area contributed by atoms with Gasteiger partial charge >= 0.3 is 5.97 Å². The molecule has 0 N–H and O–H groups in total. The molecular weight excluding hydrogens is 228 g/mol. The van der Waals surface area contributed by atoms with Crippen molar-refractivity contribution >= 4 is 5.97 Å². The molecule has 0 saturated carbocycles. The van der Waals surface area contributed by atoms with Crippen molar-refractivity contribution in [3.05, 3.63) is 35.9 Å². The molecule has 0 amide bonds. The Kier molecular flexibility index (Phi) is 7.11. The minimum Gasteiger partial charge on any atom is -0.469 e. The Morgan fingerprint density at radius 1 is 1.28 bits per heavy atom. The summed E-state index contributed by atoms with van der Waals surface area (Å²) < 4.78 is 10.5. The van der Waals surface area contributed by atoms with E-state index in [-0.39, 0.29) is 12.1 Å². The molecule has 0 heterocycles. The maximum Gasteiger partial charge on any atom is 0.305 e. The number of esters is 1. The van der Waals surface area contributed by atoms with E-state index in [1.165, 1.54) is 12.7 Å². The molecule has 1 unspecified atom stereocenters. The van der Waals surface area contributed by atoms with E-state index in [0.29, 0.717) is 13.0 Å². The summed E-state index contributed by atoms with van der Waals surface area (Å²) in [4.78, 5) is 11.0. The summed E-state index contributed by atoms with van der Waals surface area (Å²) in [5.74, 6) is -0.145. The van der Waals surface area contributed by atoms with Gasteiger partial charge in [-0.25, -0.2) is 0 Å². The van der Waals surface area contributed by atoms with E-state index in [1.54, 1.807) is 0 Å². The second-order valence-corrected chi connectivity index (χ2v) is 4.30. The SMILES string of the molecule is CCC(CCCC(=O)OC)OCc1ccccc1. The minimum absolute atomic E-state index is 0.145. The molecule has 1 aromatic rings. The monoisotopic (exact) mass is 250 g/mol. The number of ether oxygens (including phenoxy) is 2. The molecule has 1 atom stereocenters. The smallest absolute Gasteiger partial charge is 0.305 e. The van der Waals surface area contributed by atoms with Gasteiger partial charge in [0.15, 0.2) is 0 Å². The van der Waals surface area contributed by atoms with Gasteiger partial charge in [-0.05, 0) is 24.8 Å². The molecular formula is C15H22O3. The van der Waals surface area contributed by atoms with Crippen molar-refractivity contribution < 1.29 is 14.3 Å². The van der Waals surface area contributed by atoms with Gasteiger partial charge < -0.3 is 9.47 Å². The van der Waals surface area contributed by atoms with Gasteiger partial charge in [-0.2, -0.15) is 0 Å². The molecule has 0 saturated heterocycles. The predicted molar refractivity (Wildman–Crippen MR) is 71.2 cm³/mol. The largest absolute Gasteiger partial charge is 0.469 e. The Hall–Kier alpha value is -1.35. The number of hydrogen-bond donors (Lipinski definition) is 0.